The third-order valence-electron chi connectivity index (χ3n) is 7.41. The number of ether oxygens (including phenoxy) is 1. The number of benzene rings is 2. The SMILES string of the molecule is C=C/C=C\C=C(\CC1CNCCC1(O)C(c1ccc(Cl)cc1)c1cc2cc(S(C)(=O)=O)ccc2nc1OC)[NH2+][O-]. The van der Waals surface area contributed by atoms with Crippen molar-refractivity contribution in [1.82, 2.24) is 10.3 Å². The van der Waals surface area contributed by atoms with Gasteiger partial charge in [0.15, 0.2) is 9.84 Å². The standard InChI is InChI=1S/C30H34ClN3O5S/c1-4-5-6-7-24(34-36)18-22-19-32-15-14-30(22,35)28(20-8-10-23(31)11-9-20)26-17-21-16-25(40(3,37)38)12-13-27(21)33-29(26)39-2/h4-13,16-17,22,28,32,35H,1,14-15,18-19,34H2,2-3H3/b6-5-,24-7-. The van der Waals surface area contributed by atoms with Gasteiger partial charge in [0, 0.05) is 47.0 Å². The number of aliphatic hydroxyl groups is 1. The molecule has 3 aromatic rings. The Kier molecular flexibility index (Phi) is 9.45. The second-order valence-corrected chi connectivity index (χ2v) is 12.5. The topological polar surface area (TPSA) is 128 Å². The number of piperidine rings is 1. The minimum absolute atomic E-state index is 0.174. The first-order valence-corrected chi connectivity index (χ1v) is 15.2. The van der Waals surface area contributed by atoms with E-state index in [1.165, 1.54) is 13.2 Å². The maximum atomic E-state index is 12.6. The van der Waals surface area contributed by atoms with Crippen molar-refractivity contribution in [3.8, 4) is 5.88 Å². The maximum Gasteiger partial charge on any atom is 0.217 e. The molecule has 1 saturated heterocycles. The molecule has 2 heterocycles. The molecule has 1 fully saturated rings. The zero-order valence-corrected chi connectivity index (χ0v) is 24.1. The summed E-state index contributed by atoms with van der Waals surface area (Å²) < 4.78 is 30.3. The molecule has 0 aliphatic carbocycles. The Hall–Kier alpha value is -3.05. The van der Waals surface area contributed by atoms with Crippen LogP contribution >= 0.6 is 11.6 Å². The van der Waals surface area contributed by atoms with Gasteiger partial charge in [-0.25, -0.2) is 13.4 Å². The molecule has 0 saturated carbocycles. The summed E-state index contributed by atoms with van der Waals surface area (Å²) in [7, 11) is -1.93. The summed E-state index contributed by atoms with van der Waals surface area (Å²) in [4.78, 5) is 4.88. The predicted octanol–water partition coefficient (Wildman–Crippen LogP) is 3.85. The molecule has 2 aromatic carbocycles. The van der Waals surface area contributed by atoms with Gasteiger partial charge in [-0.1, -0.05) is 48.5 Å². The fraction of sp³-hybridized carbons (Fsp3) is 0.300. The van der Waals surface area contributed by atoms with Crippen LogP contribution in [-0.2, 0) is 9.84 Å². The number of hydroxylamine groups is 1. The first kappa shape index (κ1) is 29.9. The van der Waals surface area contributed by atoms with Gasteiger partial charge in [-0.3, -0.25) is 0 Å². The third-order valence-corrected chi connectivity index (χ3v) is 8.77. The number of hydrogen-bond acceptors (Lipinski definition) is 7. The Morgan fingerprint density at radius 1 is 1.30 bits per heavy atom. The number of pyridine rings is 1. The molecule has 3 unspecified atom stereocenters. The molecule has 40 heavy (non-hydrogen) atoms. The summed E-state index contributed by atoms with van der Waals surface area (Å²) in [5, 5.41) is 29.1. The van der Waals surface area contributed by atoms with E-state index in [1.807, 2.05) is 18.2 Å². The molecular weight excluding hydrogens is 550 g/mol. The van der Waals surface area contributed by atoms with E-state index in [9.17, 15) is 18.7 Å². The number of fused-ring (bicyclic) bond motifs is 1. The van der Waals surface area contributed by atoms with Crippen molar-refractivity contribution in [2.24, 2.45) is 5.92 Å². The molecule has 4 rings (SSSR count). The van der Waals surface area contributed by atoms with E-state index < -0.39 is 21.4 Å². The quantitative estimate of drug-likeness (QED) is 0.244. The van der Waals surface area contributed by atoms with E-state index in [0.29, 0.717) is 59.0 Å². The van der Waals surface area contributed by atoms with E-state index in [2.05, 4.69) is 11.9 Å². The van der Waals surface area contributed by atoms with Gasteiger partial charge in [0.2, 0.25) is 5.88 Å². The van der Waals surface area contributed by atoms with Crippen molar-refractivity contribution in [3.63, 3.8) is 0 Å². The van der Waals surface area contributed by atoms with Crippen LogP contribution in [-0.4, -0.2) is 50.6 Å². The fourth-order valence-electron chi connectivity index (χ4n) is 5.42. The van der Waals surface area contributed by atoms with Crippen molar-refractivity contribution in [2.75, 3.05) is 26.5 Å². The number of sulfone groups is 1. The number of quaternary nitrogens is 1. The van der Waals surface area contributed by atoms with E-state index >= 15 is 0 Å². The van der Waals surface area contributed by atoms with Crippen molar-refractivity contribution in [2.45, 2.75) is 29.3 Å². The molecule has 1 aliphatic heterocycles. The lowest BCUT2D eigenvalue weighted by atomic mass is 9.66. The van der Waals surface area contributed by atoms with E-state index in [1.54, 1.807) is 48.6 Å². The highest BCUT2D eigenvalue weighted by Gasteiger charge is 2.48. The highest BCUT2D eigenvalue weighted by molar-refractivity contribution is 7.90. The molecule has 0 radical (unpaired) electrons. The summed E-state index contributed by atoms with van der Waals surface area (Å²) in [5.74, 6) is -0.647. The molecule has 3 atom stereocenters. The first-order valence-electron chi connectivity index (χ1n) is 12.9. The highest BCUT2D eigenvalue weighted by Crippen LogP contribution is 2.47. The number of rotatable bonds is 10. The highest BCUT2D eigenvalue weighted by atomic mass is 35.5. The number of nitrogens with zero attached hydrogens (tertiary/aromatic N) is 1. The molecule has 0 amide bonds. The predicted molar refractivity (Wildman–Crippen MR) is 158 cm³/mol. The summed E-state index contributed by atoms with van der Waals surface area (Å²) in [5.41, 5.74) is 2.00. The van der Waals surface area contributed by atoms with Crippen molar-refractivity contribution >= 4 is 32.3 Å². The normalized spacial score (nSPS) is 21.0. The number of halogens is 1. The summed E-state index contributed by atoms with van der Waals surface area (Å²) in [6.07, 6.45) is 8.73. The number of nitrogens with two attached hydrogens (primary N) is 1. The van der Waals surface area contributed by atoms with E-state index in [-0.39, 0.29) is 10.8 Å². The molecule has 212 valence electrons. The number of aromatic nitrogens is 1. The Balaban J connectivity index is 1.93. The van der Waals surface area contributed by atoms with Gasteiger partial charge < -0.3 is 25.8 Å². The molecule has 0 spiro atoms. The maximum absolute atomic E-state index is 12.6. The monoisotopic (exact) mass is 583 g/mol. The molecule has 8 nitrogen and oxygen atoms in total. The number of methoxy groups -OCH3 is 1. The van der Waals surface area contributed by atoms with Crippen molar-refractivity contribution in [3.05, 3.63) is 106 Å². The van der Waals surface area contributed by atoms with Gasteiger partial charge in [0.05, 0.1) is 23.1 Å². The van der Waals surface area contributed by atoms with Gasteiger partial charge in [0.25, 0.3) is 0 Å². The average molecular weight is 584 g/mol. The van der Waals surface area contributed by atoms with Gasteiger partial charge in [0.1, 0.15) is 5.70 Å². The third kappa shape index (κ3) is 6.46. The lowest BCUT2D eigenvalue weighted by Gasteiger charge is -2.46. The van der Waals surface area contributed by atoms with Crippen LogP contribution in [0.25, 0.3) is 10.9 Å². The minimum atomic E-state index is -3.45. The minimum Gasteiger partial charge on any atom is -0.631 e. The Morgan fingerprint density at radius 2 is 2.05 bits per heavy atom. The molecule has 1 aliphatic rings. The van der Waals surface area contributed by atoms with Gasteiger partial charge in [-0.05, 0) is 61.0 Å². The van der Waals surface area contributed by atoms with Gasteiger partial charge in [-0.15, -0.1) is 0 Å². The second-order valence-electron chi connectivity index (χ2n) is 10.0. The lowest BCUT2D eigenvalue weighted by molar-refractivity contribution is -0.539. The lowest BCUT2D eigenvalue weighted by Crippen LogP contribution is -2.75. The Morgan fingerprint density at radius 3 is 2.70 bits per heavy atom. The number of nitrogens with one attached hydrogen (secondary N) is 1. The zero-order chi connectivity index (χ0) is 28.9. The largest absolute Gasteiger partial charge is 0.631 e. The van der Waals surface area contributed by atoms with Crippen LogP contribution < -0.4 is 15.5 Å². The number of allylic oxidation sites excluding steroid dienone is 5. The van der Waals surface area contributed by atoms with Crippen molar-refractivity contribution in [1.29, 1.82) is 0 Å². The first-order chi connectivity index (χ1) is 19.1. The smallest absolute Gasteiger partial charge is 0.217 e. The van der Waals surface area contributed by atoms with Crippen LogP contribution in [0.5, 0.6) is 5.88 Å². The molecular formula is C30H34ClN3O5S. The van der Waals surface area contributed by atoms with Gasteiger partial charge >= 0.3 is 0 Å². The van der Waals surface area contributed by atoms with Crippen LogP contribution in [0.3, 0.4) is 0 Å². The zero-order valence-electron chi connectivity index (χ0n) is 22.5. The van der Waals surface area contributed by atoms with Crippen LogP contribution in [0.15, 0.2) is 90.0 Å². The average Bonchev–Trinajstić information content (AvgIpc) is 2.93. The van der Waals surface area contributed by atoms with Crippen LogP contribution in [0.2, 0.25) is 5.02 Å². The van der Waals surface area contributed by atoms with E-state index in [4.69, 9.17) is 21.3 Å². The summed E-state index contributed by atoms with van der Waals surface area (Å²) >= 11 is 6.23. The second kappa shape index (κ2) is 12.6. The summed E-state index contributed by atoms with van der Waals surface area (Å²) in [6, 6.07) is 13.9. The molecule has 0 bridgehead atoms. The van der Waals surface area contributed by atoms with Gasteiger partial charge in [-0.2, -0.15) is 0 Å². The fourth-order valence-corrected chi connectivity index (χ4v) is 6.20. The van der Waals surface area contributed by atoms with Crippen LogP contribution in [0, 0.1) is 11.1 Å². The molecule has 10 heteroatoms. The Labute approximate surface area is 239 Å². The molecule has 4 N–H and O–H groups in total. The summed E-state index contributed by atoms with van der Waals surface area (Å²) in [6.45, 7) is 4.71. The van der Waals surface area contributed by atoms with Crippen LogP contribution in [0.1, 0.15) is 29.9 Å². The molecule has 1 aromatic heterocycles. The van der Waals surface area contributed by atoms with Crippen LogP contribution in [0.4, 0.5) is 0 Å². The number of hydrogen-bond donors (Lipinski definition) is 3. The Bertz CT molecular complexity index is 1540. The van der Waals surface area contributed by atoms with E-state index in [0.717, 1.165) is 17.3 Å². The van der Waals surface area contributed by atoms with Crippen molar-refractivity contribution < 1.29 is 23.7 Å².